The first kappa shape index (κ1) is 15.0. The Labute approximate surface area is 169 Å². The van der Waals surface area contributed by atoms with Crippen molar-refractivity contribution in [2.45, 2.75) is 21.7 Å². The van der Waals surface area contributed by atoms with Crippen LogP contribution < -0.4 is 0 Å². The molecule has 27 heavy (non-hydrogen) atoms. The quantitative estimate of drug-likeness (QED) is 0.630. The molecule has 7 aliphatic rings. The lowest BCUT2D eigenvalue weighted by atomic mass is 9.39. The zero-order valence-electron chi connectivity index (χ0n) is 15.3. The molecule has 136 valence electrons. The Morgan fingerprint density at radius 2 is 1.37 bits per heavy atom. The van der Waals surface area contributed by atoms with Crippen LogP contribution in [0.15, 0.2) is 60.7 Å². The van der Waals surface area contributed by atoms with Gasteiger partial charge in [0.25, 0.3) is 0 Å². The molecular weight excluding hydrogens is 364 g/mol. The summed E-state index contributed by atoms with van der Waals surface area (Å²) < 4.78 is 0.670. The van der Waals surface area contributed by atoms with Gasteiger partial charge in [-0.05, 0) is 71.3 Å². The second-order valence-electron chi connectivity index (χ2n) is 10.0. The number of rotatable bonds is 2. The first-order chi connectivity index (χ1) is 13.3. The molecule has 9 atom stereocenters. The van der Waals surface area contributed by atoms with Gasteiger partial charge in [-0.1, -0.05) is 60.7 Å². The molecule has 0 N–H and O–H groups in total. The normalized spacial score (nSPS) is 51.4. The SMILES string of the molecule is c1ccc(C2(c3ccccc3)CSC3(S2)C2C4CC5C6C(C4)C3C6C52)cc1. The predicted molar refractivity (Wildman–Crippen MR) is 114 cm³/mol. The Morgan fingerprint density at radius 1 is 0.704 bits per heavy atom. The Kier molecular flexibility index (Phi) is 2.59. The van der Waals surface area contributed by atoms with Gasteiger partial charge in [-0.15, -0.1) is 23.5 Å². The third-order valence-electron chi connectivity index (χ3n) is 9.56. The van der Waals surface area contributed by atoms with E-state index in [1.165, 1.54) is 16.9 Å². The van der Waals surface area contributed by atoms with Gasteiger partial charge < -0.3 is 0 Å². The fraction of sp³-hybridized carbons (Fsp3) is 0.520. The number of hydrogen-bond acceptors (Lipinski definition) is 2. The summed E-state index contributed by atoms with van der Waals surface area (Å²) >= 11 is 4.82. The first-order valence-electron chi connectivity index (χ1n) is 10.8. The summed E-state index contributed by atoms with van der Waals surface area (Å²) in [6.45, 7) is 0. The van der Waals surface area contributed by atoms with Crippen LogP contribution in [0.5, 0.6) is 0 Å². The number of benzene rings is 2. The Balaban J connectivity index is 1.30. The summed E-state index contributed by atoms with van der Waals surface area (Å²) in [6.07, 6.45) is 3.18. The summed E-state index contributed by atoms with van der Waals surface area (Å²) in [4.78, 5) is 0. The van der Waals surface area contributed by atoms with Crippen LogP contribution >= 0.6 is 23.5 Å². The summed E-state index contributed by atoms with van der Waals surface area (Å²) in [5.41, 5.74) is 3.06. The van der Waals surface area contributed by atoms with Crippen LogP contribution in [0.2, 0.25) is 0 Å². The zero-order chi connectivity index (χ0) is 17.4. The molecule has 1 spiro atoms. The lowest BCUT2D eigenvalue weighted by Gasteiger charge is -2.67. The van der Waals surface area contributed by atoms with E-state index in [1.54, 1.807) is 12.8 Å². The van der Waals surface area contributed by atoms with E-state index in [2.05, 4.69) is 84.2 Å². The van der Waals surface area contributed by atoms with Crippen LogP contribution in [0.3, 0.4) is 0 Å². The maximum absolute atomic E-state index is 2.42. The van der Waals surface area contributed by atoms with E-state index < -0.39 is 0 Å². The largest absolute Gasteiger partial charge is 0.141 e. The molecule has 6 aliphatic carbocycles. The standard InChI is InChI=1S/C25H24S2/c1-3-7-15(8-4-1)24(16-9-5-2-6-10-16)13-26-25(27-24)22-14-11-17-19-18(12-14)23(25)21(19)20(17)22/h1-10,14,17-23H,11-13H2. The van der Waals surface area contributed by atoms with E-state index in [4.69, 9.17) is 0 Å². The maximum atomic E-state index is 2.42. The average molecular weight is 389 g/mol. The third-order valence-corrected chi connectivity index (χ3v) is 13.8. The molecule has 6 saturated carbocycles. The van der Waals surface area contributed by atoms with Crippen LogP contribution in [-0.4, -0.2) is 9.83 Å². The molecular formula is C25H24S2. The summed E-state index contributed by atoms with van der Waals surface area (Å²) in [6, 6.07) is 22.9. The molecule has 0 amide bonds. The topological polar surface area (TPSA) is 0 Å². The van der Waals surface area contributed by atoms with Crippen LogP contribution in [-0.2, 0) is 4.75 Å². The van der Waals surface area contributed by atoms with Crippen molar-refractivity contribution in [1.29, 1.82) is 0 Å². The van der Waals surface area contributed by atoms with Crippen molar-refractivity contribution in [2.75, 3.05) is 5.75 Å². The van der Waals surface area contributed by atoms with Crippen LogP contribution in [0.4, 0.5) is 0 Å². The average Bonchev–Trinajstić information content (AvgIpc) is 3.15. The van der Waals surface area contributed by atoms with Gasteiger partial charge in [0.1, 0.15) is 0 Å². The van der Waals surface area contributed by atoms with Gasteiger partial charge in [-0.2, -0.15) is 0 Å². The van der Waals surface area contributed by atoms with Crippen molar-refractivity contribution in [2.24, 2.45) is 47.3 Å². The van der Waals surface area contributed by atoms with Crippen molar-refractivity contribution in [3.05, 3.63) is 71.8 Å². The van der Waals surface area contributed by atoms with E-state index in [9.17, 15) is 0 Å². The summed E-state index contributed by atoms with van der Waals surface area (Å²) in [5, 5.41) is 0. The first-order valence-corrected chi connectivity index (χ1v) is 12.6. The van der Waals surface area contributed by atoms with Gasteiger partial charge in [-0.25, -0.2) is 0 Å². The number of thioether (sulfide) groups is 2. The molecule has 1 aliphatic heterocycles. The Morgan fingerprint density at radius 3 is 2.07 bits per heavy atom. The van der Waals surface area contributed by atoms with Crippen LogP contribution in [0.25, 0.3) is 0 Å². The van der Waals surface area contributed by atoms with Crippen molar-refractivity contribution in [3.63, 3.8) is 0 Å². The molecule has 1 saturated heterocycles. The van der Waals surface area contributed by atoms with Crippen molar-refractivity contribution in [1.82, 2.24) is 0 Å². The molecule has 1 heterocycles. The highest BCUT2D eigenvalue weighted by molar-refractivity contribution is 8.22. The lowest BCUT2D eigenvalue weighted by molar-refractivity contribution is -0.179. The minimum Gasteiger partial charge on any atom is -0.141 e. The van der Waals surface area contributed by atoms with Gasteiger partial charge in [0.2, 0.25) is 0 Å². The van der Waals surface area contributed by atoms with E-state index in [0.29, 0.717) is 4.08 Å². The van der Waals surface area contributed by atoms with Crippen molar-refractivity contribution < 1.29 is 0 Å². The molecule has 9 rings (SSSR count). The second-order valence-corrected chi connectivity index (χ2v) is 13.1. The second kappa shape index (κ2) is 4.65. The van der Waals surface area contributed by atoms with Crippen LogP contribution in [0.1, 0.15) is 24.0 Å². The maximum Gasteiger partial charge on any atom is 0.0761 e. The van der Waals surface area contributed by atoms with Gasteiger partial charge in [-0.3, -0.25) is 0 Å². The third kappa shape index (κ3) is 1.46. The molecule has 0 aromatic heterocycles. The van der Waals surface area contributed by atoms with Crippen LogP contribution in [0, 0.1) is 47.3 Å². The monoisotopic (exact) mass is 388 g/mol. The molecule has 0 radical (unpaired) electrons. The smallest absolute Gasteiger partial charge is 0.0761 e. The highest BCUT2D eigenvalue weighted by Crippen LogP contribution is 2.91. The molecule has 7 fully saturated rings. The molecule has 5 bridgehead atoms. The summed E-state index contributed by atoms with van der Waals surface area (Å²) in [5.74, 6) is 10.0. The van der Waals surface area contributed by atoms with E-state index in [-0.39, 0.29) is 4.75 Å². The van der Waals surface area contributed by atoms with E-state index >= 15 is 0 Å². The van der Waals surface area contributed by atoms with E-state index in [1.807, 2.05) is 0 Å². The zero-order valence-corrected chi connectivity index (χ0v) is 17.0. The van der Waals surface area contributed by atoms with Crippen molar-refractivity contribution >= 4 is 23.5 Å². The molecule has 0 nitrogen and oxygen atoms in total. The fourth-order valence-electron chi connectivity index (χ4n) is 9.05. The Hall–Kier alpha value is -0.860. The predicted octanol–water partition coefficient (Wildman–Crippen LogP) is 5.88. The molecule has 2 heteroatoms. The highest BCUT2D eigenvalue weighted by Gasteiger charge is 2.87. The lowest BCUT2D eigenvalue weighted by Crippen LogP contribution is -2.64. The summed E-state index contributed by atoms with van der Waals surface area (Å²) in [7, 11) is 0. The van der Waals surface area contributed by atoms with E-state index in [0.717, 1.165) is 47.3 Å². The fourth-order valence-corrected chi connectivity index (χ4v) is 14.1. The van der Waals surface area contributed by atoms with Gasteiger partial charge in [0.05, 0.1) is 8.83 Å². The van der Waals surface area contributed by atoms with Gasteiger partial charge >= 0.3 is 0 Å². The molecule has 2 aromatic rings. The Bertz CT molecular complexity index is 894. The minimum absolute atomic E-state index is 0.145. The minimum atomic E-state index is 0.145. The van der Waals surface area contributed by atoms with Gasteiger partial charge in [0.15, 0.2) is 0 Å². The van der Waals surface area contributed by atoms with Crippen molar-refractivity contribution in [3.8, 4) is 0 Å². The highest BCUT2D eigenvalue weighted by atomic mass is 32.2. The molecule has 9 unspecified atom stereocenters. The van der Waals surface area contributed by atoms with Gasteiger partial charge in [0, 0.05) is 5.75 Å². The number of hydrogen-bond donors (Lipinski definition) is 0. The molecule has 2 aromatic carbocycles.